The van der Waals surface area contributed by atoms with Crippen molar-refractivity contribution in [2.75, 3.05) is 7.11 Å². The highest BCUT2D eigenvalue weighted by Gasteiger charge is 2.48. The van der Waals surface area contributed by atoms with Crippen molar-refractivity contribution in [3.8, 4) is 0 Å². The maximum Gasteiger partial charge on any atom is 0.326 e. The summed E-state index contributed by atoms with van der Waals surface area (Å²) in [6.07, 6.45) is 5.05. The monoisotopic (exact) mass is 325 g/mol. The van der Waals surface area contributed by atoms with Crippen LogP contribution in [0.25, 0.3) is 0 Å². The Balaban J connectivity index is 1.68. The van der Waals surface area contributed by atoms with Crippen LogP contribution in [0.1, 0.15) is 32.1 Å². The normalized spacial score (nSPS) is 28.6. The molecule has 0 saturated heterocycles. The van der Waals surface area contributed by atoms with Gasteiger partial charge in [-0.2, -0.15) is 0 Å². The van der Waals surface area contributed by atoms with E-state index in [1.165, 1.54) is 24.8 Å². The number of esters is 1. The summed E-state index contributed by atoms with van der Waals surface area (Å²) in [5.41, 5.74) is -0.480. The predicted molar refractivity (Wildman–Crippen MR) is 85.9 cm³/mol. The molecule has 0 amide bonds. The van der Waals surface area contributed by atoms with Gasteiger partial charge in [-0.3, -0.25) is 10.1 Å². The SMILES string of the molecule is COC(=O)C1(NC2CC2)CCC(Sc2cccc(Cl)c2)C1. The van der Waals surface area contributed by atoms with Gasteiger partial charge in [0.2, 0.25) is 0 Å². The summed E-state index contributed by atoms with van der Waals surface area (Å²) in [6.45, 7) is 0. The minimum absolute atomic E-state index is 0.108. The van der Waals surface area contributed by atoms with Crippen molar-refractivity contribution in [1.29, 1.82) is 0 Å². The molecule has 2 unspecified atom stereocenters. The first kappa shape index (κ1) is 15.2. The fraction of sp³-hybridized carbons (Fsp3) is 0.562. The van der Waals surface area contributed by atoms with Gasteiger partial charge in [0.1, 0.15) is 5.54 Å². The minimum Gasteiger partial charge on any atom is -0.468 e. The Morgan fingerprint density at radius 3 is 2.90 bits per heavy atom. The van der Waals surface area contributed by atoms with Gasteiger partial charge in [0, 0.05) is 21.2 Å². The second kappa shape index (κ2) is 6.19. The van der Waals surface area contributed by atoms with E-state index in [2.05, 4.69) is 11.4 Å². The molecule has 21 heavy (non-hydrogen) atoms. The fourth-order valence-electron chi connectivity index (χ4n) is 3.02. The average molecular weight is 326 g/mol. The Morgan fingerprint density at radius 1 is 1.43 bits per heavy atom. The van der Waals surface area contributed by atoms with E-state index in [0.717, 1.165) is 24.3 Å². The number of carbonyl (C=O) groups excluding carboxylic acids is 1. The van der Waals surface area contributed by atoms with Crippen molar-refractivity contribution in [3.63, 3.8) is 0 Å². The van der Waals surface area contributed by atoms with Crippen LogP contribution in [0.2, 0.25) is 5.02 Å². The van der Waals surface area contributed by atoms with Crippen LogP contribution in [0.3, 0.4) is 0 Å². The molecule has 0 heterocycles. The first-order chi connectivity index (χ1) is 10.1. The number of thioether (sulfide) groups is 1. The maximum atomic E-state index is 12.2. The van der Waals surface area contributed by atoms with Gasteiger partial charge >= 0.3 is 5.97 Å². The van der Waals surface area contributed by atoms with Gasteiger partial charge in [-0.1, -0.05) is 17.7 Å². The lowest BCUT2D eigenvalue weighted by Crippen LogP contribution is -2.52. The van der Waals surface area contributed by atoms with E-state index in [0.29, 0.717) is 11.3 Å². The summed E-state index contributed by atoms with van der Waals surface area (Å²) in [4.78, 5) is 13.4. The molecule has 0 radical (unpaired) electrons. The molecule has 3 rings (SSSR count). The van der Waals surface area contributed by atoms with Gasteiger partial charge in [-0.25, -0.2) is 0 Å². The molecule has 0 spiro atoms. The van der Waals surface area contributed by atoms with Gasteiger partial charge in [-0.15, -0.1) is 11.8 Å². The van der Waals surface area contributed by atoms with Gasteiger partial charge in [0.05, 0.1) is 7.11 Å². The molecule has 5 heteroatoms. The van der Waals surface area contributed by atoms with Crippen LogP contribution in [0, 0.1) is 0 Å². The number of halogens is 1. The van der Waals surface area contributed by atoms with Gasteiger partial charge in [0.25, 0.3) is 0 Å². The van der Waals surface area contributed by atoms with Crippen LogP contribution in [0.4, 0.5) is 0 Å². The van der Waals surface area contributed by atoms with E-state index in [4.69, 9.17) is 16.3 Å². The van der Waals surface area contributed by atoms with Crippen LogP contribution in [-0.2, 0) is 9.53 Å². The number of hydrogen-bond acceptors (Lipinski definition) is 4. The molecule has 2 fully saturated rings. The van der Waals surface area contributed by atoms with Crippen LogP contribution in [0.15, 0.2) is 29.2 Å². The Kier molecular flexibility index (Phi) is 4.48. The van der Waals surface area contributed by atoms with Crippen LogP contribution >= 0.6 is 23.4 Å². The number of methoxy groups -OCH3 is 1. The van der Waals surface area contributed by atoms with E-state index < -0.39 is 5.54 Å². The van der Waals surface area contributed by atoms with Crippen molar-refractivity contribution in [2.24, 2.45) is 0 Å². The van der Waals surface area contributed by atoms with E-state index in [1.54, 1.807) is 0 Å². The van der Waals surface area contributed by atoms with Gasteiger partial charge < -0.3 is 4.74 Å². The van der Waals surface area contributed by atoms with Crippen molar-refractivity contribution in [1.82, 2.24) is 5.32 Å². The molecule has 1 aromatic carbocycles. The number of benzene rings is 1. The van der Waals surface area contributed by atoms with Crippen LogP contribution in [0.5, 0.6) is 0 Å². The van der Waals surface area contributed by atoms with Gasteiger partial charge in [-0.05, 0) is 50.3 Å². The zero-order valence-electron chi connectivity index (χ0n) is 12.1. The number of carbonyl (C=O) groups is 1. The lowest BCUT2D eigenvalue weighted by molar-refractivity contribution is -0.148. The van der Waals surface area contributed by atoms with E-state index in [-0.39, 0.29) is 5.97 Å². The summed E-state index contributed by atoms with van der Waals surface area (Å²) >= 11 is 7.85. The zero-order chi connectivity index (χ0) is 14.9. The first-order valence-electron chi connectivity index (χ1n) is 7.40. The molecule has 114 valence electrons. The minimum atomic E-state index is -0.480. The molecule has 2 saturated carbocycles. The molecular weight excluding hydrogens is 306 g/mol. The largest absolute Gasteiger partial charge is 0.468 e. The van der Waals surface area contributed by atoms with Crippen LogP contribution < -0.4 is 5.32 Å². The van der Waals surface area contributed by atoms with Crippen LogP contribution in [-0.4, -0.2) is 29.9 Å². The standard InChI is InChI=1S/C16H20ClNO2S/c1-20-15(19)16(18-12-5-6-12)8-7-14(10-16)21-13-4-2-3-11(17)9-13/h2-4,9,12,14,18H,5-8,10H2,1H3. The summed E-state index contributed by atoms with van der Waals surface area (Å²) in [6, 6.07) is 8.41. The predicted octanol–water partition coefficient (Wildman–Crippen LogP) is 3.65. The smallest absolute Gasteiger partial charge is 0.326 e. The van der Waals surface area contributed by atoms with Crippen molar-refractivity contribution < 1.29 is 9.53 Å². The molecule has 0 aromatic heterocycles. The highest BCUT2D eigenvalue weighted by Crippen LogP contribution is 2.42. The summed E-state index contributed by atoms with van der Waals surface area (Å²) < 4.78 is 5.05. The third-order valence-corrected chi connectivity index (χ3v) is 5.70. The fourth-order valence-corrected chi connectivity index (χ4v) is 4.62. The summed E-state index contributed by atoms with van der Waals surface area (Å²) in [5, 5.41) is 4.71. The average Bonchev–Trinajstić information content (AvgIpc) is 3.18. The molecule has 1 N–H and O–H groups in total. The van der Waals surface area contributed by atoms with Crippen molar-refractivity contribution >= 4 is 29.3 Å². The quantitative estimate of drug-likeness (QED) is 0.839. The molecule has 1 aromatic rings. The Morgan fingerprint density at radius 2 is 2.24 bits per heavy atom. The molecule has 3 nitrogen and oxygen atoms in total. The molecule has 2 atom stereocenters. The highest BCUT2D eigenvalue weighted by molar-refractivity contribution is 8.00. The molecule has 0 aliphatic heterocycles. The summed E-state index contributed by atoms with van der Waals surface area (Å²) in [7, 11) is 1.48. The Bertz CT molecular complexity index is 535. The maximum absolute atomic E-state index is 12.2. The molecule has 2 aliphatic rings. The molecule has 2 aliphatic carbocycles. The highest BCUT2D eigenvalue weighted by atomic mass is 35.5. The lowest BCUT2D eigenvalue weighted by atomic mass is 9.97. The molecular formula is C16H20ClNO2S. The third-order valence-electron chi connectivity index (χ3n) is 4.20. The third kappa shape index (κ3) is 3.55. The van der Waals surface area contributed by atoms with Crippen molar-refractivity contribution in [2.45, 2.75) is 53.8 Å². The van der Waals surface area contributed by atoms with Crippen molar-refractivity contribution in [3.05, 3.63) is 29.3 Å². The Labute approximate surface area is 134 Å². The van der Waals surface area contributed by atoms with E-state index in [1.807, 2.05) is 30.0 Å². The number of nitrogens with one attached hydrogen (secondary N) is 1. The first-order valence-corrected chi connectivity index (χ1v) is 8.65. The Hall–Kier alpha value is -0.710. The summed E-state index contributed by atoms with van der Waals surface area (Å²) in [5.74, 6) is -0.108. The van der Waals surface area contributed by atoms with Gasteiger partial charge in [0.15, 0.2) is 0 Å². The topological polar surface area (TPSA) is 38.3 Å². The van der Waals surface area contributed by atoms with E-state index >= 15 is 0 Å². The zero-order valence-corrected chi connectivity index (χ0v) is 13.7. The second-order valence-corrected chi connectivity index (χ2v) is 7.74. The second-order valence-electron chi connectivity index (χ2n) is 5.93. The number of ether oxygens (including phenoxy) is 1. The van der Waals surface area contributed by atoms with E-state index in [9.17, 15) is 4.79 Å². The number of hydrogen-bond donors (Lipinski definition) is 1. The lowest BCUT2D eigenvalue weighted by Gasteiger charge is -2.27. The molecule has 0 bridgehead atoms. The number of rotatable bonds is 5.